The van der Waals surface area contributed by atoms with Crippen molar-refractivity contribution in [3.8, 4) is 11.1 Å². The molecule has 2 heterocycles. The van der Waals surface area contributed by atoms with Crippen LogP contribution in [0.15, 0.2) is 48.5 Å². The van der Waals surface area contributed by atoms with Crippen LogP contribution in [0.4, 0.5) is 0 Å². The molecule has 1 aliphatic rings. The third-order valence-corrected chi connectivity index (χ3v) is 6.29. The molecule has 0 saturated carbocycles. The van der Waals surface area contributed by atoms with Crippen LogP contribution in [-0.2, 0) is 33.7 Å². The minimum atomic E-state index is -0.565. The second kappa shape index (κ2) is 11.3. The first-order valence-electron chi connectivity index (χ1n) is 13.1. The van der Waals surface area contributed by atoms with Gasteiger partial charge in [0, 0.05) is 25.9 Å². The van der Waals surface area contributed by atoms with Crippen LogP contribution in [0.3, 0.4) is 0 Å². The Hall–Kier alpha value is -3.45. The number of carbonyl (C=O) groups excluding carboxylic acids is 2. The van der Waals surface area contributed by atoms with Crippen LogP contribution in [0.25, 0.3) is 11.1 Å². The van der Waals surface area contributed by atoms with Crippen LogP contribution >= 0.6 is 0 Å². The minimum Gasteiger partial charge on any atom is -0.465 e. The van der Waals surface area contributed by atoms with E-state index in [2.05, 4.69) is 28.9 Å². The number of benzene rings is 2. The molecule has 0 amide bonds. The Bertz CT molecular complexity index is 1250. The van der Waals surface area contributed by atoms with Crippen molar-refractivity contribution in [1.82, 2.24) is 14.9 Å². The van der Waals surface area contributed by atoms with Gasteiger partial charge in [0.25, 0.3) is 0 Å². The number of hydrogen-bond donors (Lipinski definition) is 1. The van der Waals surface area contributed by atoms with Crippen molar-refractivity contribution in [2.45, 2.75) is 72.1 Å². The Morgan fingerprint density at radius 1 is 1.08 bits per heavy atom. The maximum Gasteiger partial charge on any atom is 0.339 e. The van der Waals surface area contributed by atoms with Gasteiger partial charge in [0.2, 0.25) is 0 Å². The molecule has 0 fully saturated rings. The van der Waals surface area contributed by atoms with E-state index in [-0.39, 0.29) is 11.9 Å². The summed E-state index contributed by atoms with van der Waals surface area (Å²) < 4.78 is 13.2. The quantitative estimate of drug-likeness (QED) is 0.423. The van der Waals surface area contributed by atoms with Crippen molar-refractivity contribution in [2.24, 2.45) is 0 Å². The minimum absolute atomic E-state index is 0.262. The molecule has 4 rings (SSSR count). The summed E-state index contributed by atoms with van der Waals surface area (Å²) in [7, 11) is 0. The zero-order valence-corrected chi connectivity index (χ0v) is 22.5. The predicted octanol–water partition coefficient (Wildman–Crippen LogP) is 5.26. The molecular formula is C30H37N3O4. The highest BCUT2D eigenvalue weighted by molar-refractivity contribution is 5.97. The number of esters is 2. The van der Waals surface area contributed by atoms with E-state index in [1.165, 1.54) is 0 Å². The molecular weight excluding hydrogens is 466 g/mol. The molecule has 3 aromatic rings. The van der Waals surface area contributed by atoms with Gasteiger partial charge in [-0.25, -0.2) is 14.6 Å². The monoisotopic (exact) mass is 503 g/mol. The normalized spacial score (nSPS) is 15.2. The topological polar surface area (TPSA) is 82.5 Å². The van der Waals surface area contributed by atoms with Gasteiger partial charge in [-0.1, -0.05) is 49.4 Å². The fourth-order valence-electron chi connectivity index (χ4n) is 4.74. The lowest BCUT2D eigenvalue weighted by Gasteiger charge is -2.24. The highest BCUT2D eigenvalue weighted by atomic mass is 16.6. The number of imidazole rings is 1. The molecule has 1 unspecified atom stereocenters. The first kappa shape index (κ1) is 26.6. The number of nitrogens with one attached hydrogen (secondary N) is 1. The van der Waals surface area contributed by atoms with Gasteiger partial charge in [0.15, 0.2) is 0 Å². The molecule has 0 spiro atoms. The van der Waals surface area contributed by atoms with E-state index in [1.807, 2.05) is 58.0 Å². The molecule has 1 aliphatic heterocycles. The molecule has 0 bridgehead atoms. The van der Waals surface area contributed by atoms with E-state index in [4.69, 9.17) is 14.5 Å². The molecule has 2 aromatic carbocycles. The Kier molecular flexibility index (Phi) is 8.13. The molecule has 0 saturated heterocycles. The lowest BCUT2D eigenvalue weighted by molar-refractivity contribution is -0.146. The maximum atomic E-state index is 12.8. The van der Waals surface area contributed by atoms with E-state index < -0.39 is 11.6 Å². The number of hydrogen-bond acceptors (Lipinski definition) is 6. The van der Waals surface area contributed by atoms with Gasteiger partial charge in [0.05, 0.1) is 23.6 Å². The number of rotatable bonds is 8. The van der Waals surface area contributed by atoms with Crippen molar-refractivity contribution in [2.75, 3.05) is 13.2 Å². The highest BCUT2D eigenvalue weighted by Gasteiger charge is 2.33. The summed E-state index contributed by atoms with van der Waals surface area (Å²) in [5.41, 5.74) is 4.73. The number of carbonyl (C=O) groups is 2. The first-order chi connectivity index (χ1) is 17.7. The summed E-state index contributed by atoms with van der Waals surface area (Å²) in [4.78, 5) is 30.5. The zero-order valence-electron chi connectivity index (χ0n) is 22.5. The summed E-state index contributed by atoms with van der Waals surface area (Å²) in [6.07, 6.45) is 2.59. The van der Waals surface area contributed by atoms with Gasteiger partial charge in [-0.15, -0.1) is 0 Å². The Morgan fingerprint density at radius 3 is 2.49 bits per heavy atom. The third kappa shape index (κ3) is 6.10. The fourth-order valence-corrected chi connectivity index (χ4v) is 4.74. The van der Waals surface area contributed by atoms with Gasteiger partial charge in [0.1, 0.15) is 17.5 Å². The smallest absolute Gasteiger partial charge is 0.339 e. The Morgan fingerprint density at radius 2 is 1.81 bits per heavy atom. The predicted molar refractivity (Wildman–Crippen MR) is 143 cm³/mol. The highest BCUT2D eigenvalue weighted by Crippen LogP contribution is 2.29. The molecule has 0 radical (unpaired) electrons. The zero-order chi connectivity index (χ0) is 26.6. The largest absolute Gasteiger partial charge is 0.465 e. The molecule has 1 N–H and O–H groups in total. The van der Waals surface area contributed by atoms with Crippen LogP contribution in [-0.4, -0.2) is 40.2 Å². The second-order valence-corrected chi connectivity index (χ2v) is 10.3. The average molecular weight is 504 g/mol. The number of ether oxygens (including phenoxy) is 2. The second-order valence-electron chi connectivity index (χ2n) is 10.3. The lowest BCUT2D eigenvalue weighted by atomic mass is 9.98. The van der Waals surface area contributed by atoms with Crippen molar-refractivity contribution >= 4 is 11.9 Å². The summed E-state index contributed by atoms with van der Waals surface area (Å²) in [5.74, 6) is 0.394. The molecule has 1 atom stereocenters. The van der Waals surface area contributed by atoms with Crippen molar-refractivity contribution in [3.63, 3.8) is 0 Å². The SMILES string of the molecule is CCCc1nc2c(n1Cc1ccc(-c3ccccc3C(=O)OC(C)(C)C)cc1)C(C(=O)OCC)NCC2. The van der Waals surface area contributed by atoms with E-state index >= 15 is 0 Å². The lowest BCUT2D eigenvalue weighted by Crippen LogP contribution is -2.37. The van der Waals surface area contributed by atoms with E-state index in [9.17, 15) is 9.59 Å². The van der Waals surface area contributed by atoms with Gasteiger partial charge in [-0.3, -0.25) is 5.32 Å². The van der Waals surface area contributed by atoms with E-state index in [0.29, 0.717) is 25.3 Å². The van der Waals surface area contributed by atoms with Crippen LogP contribution < -0.4 is 5.32 Å². The van der Waals surface area contributed by atoms with Crippen LogP contribution in [0.1, 0.15) is 80.2 Å². The summed E-state index contributed by atoms with van der Waals surface area (Å²) >= 11 is 0. The molecule has 1 aromatic heterocycles. The van der Waals surface area contributed by atoms with Crippen molar-refractivity contribution < 1.29 is 19.1 Å². The Labute approximate surface area is 219 Å². The first-order valence-corrected chi connectivity index (χ1v) is 13.1. The van der Waals surface area contributed by atoms with Gasteiger partial charge < -0.3 is 14.0 Å². The standard InChI is InChI=1S/C30H37N3O4/c1-6-10-25-32-24-17-18-31-26(29(35)36-7-2)27(24)33(25)19-20-13-15-21(16-14-20)22-11-8-9-12-23(22)28(34)37-30(3,4)5/h8-9,11-16,26,31H,6-7,10,17-19H2,1-5H3. The Balaban J connectivity index is 1.64. The van der Waals surface area contributed by atoms with Crippen LogP contribution in [0.5, 0.6) is 0 Å². The molecule has 7 nitrogen and oxygen atoms in total. The summed E-state index contributed by atoms with van der Waals surface area (Å²) in [6.45, 7) is 11.2. The molecule has 0 aliphatic carbocycles. The molecule has 7 heteroatoms. The van der Waals surface area contributed by atoms with Crippen LogP contribution in [0.2, 0.25) is 0 Å². The maximum absolute atomic E-state index is 12.8. The molecule has 196 valence electrons. The van der Waals surface area contributed by atoms with Crippen molar-refractivity contribution in [1.29, 1.82) is 0 Å². The van der Waals surface area contributed by atoms with Crippen LogP contribution in [0, 0.1) is 0 Å². The van der Waals surface area contributed by atoms with Gasteiger partial charge in [-0.05, 0) is 56.9 Å². The summed E-state index contributed by atoms with van der Waals surface area (Å²) in [5, 5.41) is 3.33. The molecule has 37 heavy (non-hydrogen) atoms. The van der Waals surface area contributed by atoms with Crippen molar-refractivity contribution in [3.05, 3.63) is 76.9 Å². The van der Waals surface area contributed by atoms with Gasteiger partial charge >= 0.3 is 11.9 Å². The fraction of sp³-hybridized carbons (Fsp3) is 0.433. The van der Waals surface area contributed by atoms with Gasteiger partial charge in [-0.2, -0.15) is 0 Å². The van der Waals surface area contributed by atoms with E-state index in [0.717, 1.165) is 53.2 Å². The average Bonchev–Trinajstić information content (AvgIpc) is 3.21. The number of nitrogens with zero attached hydrogens (tertiary/aromatic N) is 2. The van der Waals surface area contributed by atoms with E-state index in [1.54, 1.807) is 6.07 Å². The number of fused-ring (bicyclic) bond motifs is 1. The number of aryl methyl sites for hydroxylation is 1. The summed E-state index contributed by atoms with van der Waals surface area (Å²) in [6, 6.07) is 15.2. The number of aromatic nitrogens is 2. The third-order valence-electron chi connectivity index (χ3n) is 6.29.